The fourth-order valence-electron chi connectivity index (χ4n) is 3.21. The second-order valence-electron chi connectivity index (χ2n) is 6.19. The standard InChI is InChI=1S/C17H13ClF3N3OS2/c1-23-7-11(9-3-2-4-10(5-9)17(19,20)21)14(25)24-12(8-26-16(23)24)13-6-22-15(18)27-13/h2-7,12,16H,8H2,1H3/t12-,16?/m1/s1. The van der Waals surface area contributed by atoms with Crippen molar-refractivity contribution in [3.05, 3.63) is 57.1 Å². The highest BCUT2D eigenvalue weighted by atomic mass is 35.5. The molecule has 1 aromatic heterocycles. The average Bonchev–Trinajstić information content (AvgIpc) is 3.24. The van der Waals surface area contributed by atoms with Gasteiger partial charge in [0.15, 0.2) is 9.96 Å². The normalized spacial score (nSPS) is 22.9. The molecule has 1 saturated heterocycles. The number of halogens is 4. The monoisotopic (exact) mass is 431 g/mol. The van der Waals surface area contributed by atoms with Crippen molar-refractivity contribution < 1.29 is 18.0 Å². The van der Waals surface area contributed by atoms with Gasteiger partial charge in [-0.15, -0.1) is 23.1 Å². The van der Waals surface area contributed by atoms with Gasteiger partial charge in [-0.1, -0.05) is 23.7 Å². The number of nitrogens with zero attached hydrogens (tertiary/aromatic N) is 3. The molecule has 0 bridgehead atoms. The maximum Gasteiger partial charge on any atom is 0.416 e. The van der Waals surface area contributed by atoms with Crippen molar-refractivity contribution in [1.82, 2.24) is 14.8 Å². The van der Waals surface area contributed by atoms with Crippen LogP contribution in [0.1, 0.15) is 22.0 Å². The topological polar surface area (TPSA) is 36.4 Å². The first kappa shape index (κ1) is 18.6. The number of carbonyl (C=O) groups is 1. The minimum atomic E-state index is -4.46. The van der Waals surface area contributed by atoms with Crippen molar-refractivity contribution in [2.24, 2.45) is 0 Å². The van der Waals surface area contributed by atoms with E-state index in [4.69, 9.17) is 11.6 Å². The number of thiazole rings is 1. The van der Waals surface area contributed by atoms with Gasteiger partial charge in [0.1, 0.15) is 0 Å². The molecule has 2 aliphatic rings. The first-order chi connectivity index (χ1) is 12.8. The van der Waals surface area contributed by atoms with Crippen molar-refractivity contribution >= 4 is 46.2 Å². The van der Waals surface area contributed by atoms with Gasteiger partial charge in [0.2, 0.25) is 0 Å². The summed E-state index contributed by atoms with van der Waals surface area (Å²) in [6.45, 7) is 0. The van der Waals surface area contributed by atoms with E-state index in [0.29, 0.717) is 10.2 Å². The predicted molar refractivity (Wildman–Crippen MR) is 100 cm³/mol. The molecule has 2 atom stereocenters. The lowest BCUT2D eigenvalue weighted by molar-refractivity contribution is -0.137. The lowest BCUT2D eigenvalue weighted by Crippen LogP contribution is -2.47. The molecule has 0 spiro atoms. The molecule has 3 heterocycles. The van der Waals surface area contributed by atoms with Crippen LogP contribution in [0, 0.1) is 0 Å². The minimum Gasteiger partial charge on any atom is -0.351 e. The number of carbonyl (C=O) groups excluding carboxylic acids is 1. The van der Waals surface area contributed by atoms with Crippen LogP contribution in [0.4, 0.5) is 13.2 Å². The van der Waals surface area contributed by atoms with Gasteiger partial charge in [0.25, 0.3) is 5.91 Å². The van der Waals surface area contributed by atoms with E-state index < -0.39 is 11.7 Å². The van der Waals surface area contributed by atoms with Crippen LogP contribution >= 0.6 is 34.7 Å². The number of hydrogen-bond donors (Lipinski definition) is 0. The number of hydrogen-bond acceptors (Lipinski definition) is 5. The van der Waals surface area contributed by atoms with Crippen molar-refractivity contribution in [2.45, 2.75) is 17.7 Å². The molecule has 0 saturated carbocycles. The lowest BCUT2D eigenvalue weighted by Gasteiger charge is -2.38. The van der Waals surface area contributed by atoms with Gasteiger partial charge in [-0.05, 0) is 17.7 Å². The summed E-state index contributed by atoms with van der Waals surface area (Å²) >= 11 is 8.84. The summed E-state index contributed by atoms with van der Waals surface area (Å²) in [6.07, 6.45) is -1.20. The molecule has 0 aliphatic carbocycles. The Bertz CT molecular complexity index is 930. The smallest absolute Gasteiger partial charge is 0.351 e. The molecule has 2 aliphatic heterocycles. The van der Waals surface area contributed by atoms with Crippen molar-refractivity contribution in [3.63, 3.8) is 0 Å². The molecular formula is C17H13ClF3N3OS2. The fourth-order valence-corrected chi connectivity index (χ4v) is 5.76. The third kappa shape index (κ3) is 3.32. The fraction of sp³-hybridized carbons (Fsp3) is 0.294. The number of amides is 1. The van der Waals surface area contributed by atoms with Gasteiger partial charge in [-0.25, -0.2) is 4.98 Å². The molecule has 142 valence electrons. The van der Waals surface area contributed by atoms with Gasteiger partial charge in [-0.2, -0.15) is 13.2 Å². The molecule has 1 fully saturated rings. The van der Waals surface area contributed by atoms with Gasteiger partial charge >= 0.3 is 6.18 Å². The molecule has 10 heteroatoms. The number of benzene rings is 1. The maximum atomic E-state index is 13.2. The summed E-state index contributed by atoms with van der Waals surface area (Å²) in [5, 5.41) is 0. The summed E-state index contributed by atoms with van der Waals surface area (Å²) in [5.74, 6) is 0.375. The molecule has 0 N–H and O–H groups in total. The van der Waals surface area contributed by atoms with Gasteiger partial charge in [-0.3, -0.25) is 4.79 Å². The zero-order valence-electron chi connectivity index (χ0n) is 13.9. The summed E-state index contributed by atoms with van der Waals surface area (Å²) in [6, 6.07) is 4.64. The van der Waals surface area contributed by atoms with Crippen molar-refractivity contribution in [2.75, 3.05) is 12.8 Å². The molecular weight excluding hydrogens is 419 g/mol. The van der Waals surface area contributed by atoms with Crippen LogP contribution in [0.25, 0.3) is 5.57 Å². The van der Waals surface area contributed by atoms with E-state index in [1.165, 1.54) is 23.5 Å². The zero-order valence-corrected chi connectivity index (χ0v) is 16.3. The Morgan fingerprint density at radius 1 is 1.33 bits per heavy atom. The Labute approximate surface area is 166 Å². The highest BCUT2D eigenvalue weighted by Crippen LogP contribution is 2.46. The van der Waals surface area contributed by atoms with Gasteiger partial charge in [0, 0.05) is 30.1 Å². The Morgan fingerprint density at radius 3 is 2.78 bits per heavy atom. The van der Waals surface area contributed by atoms with E-state index in [2.05, 4.69) is 4.98 Å². The molecule has 27 heavy (non-hydrogen) atoms. The van der Waals surface area contributed by atoms with Gasteiger partial charge < -0.3 is 9.80 Å². The predicted octanol–water partition coefficient (Wildman–Crippen LogP) is 4.70. The molecule has 1 amide bonds. The quantitative estimate of drug-likeness (QED) is 0.690. The van der Waals surface area contributed by atoms with Gasteiger partial charge in [0.05, 0.1) is 17.2 Å². The lowest BCUT2D eigenvalue weighted by atomic mass is 10.0. The van der Waals surface area contributed by atoms with E-state index in [9.17, 15) is 18.0 Å². The minimum absolute atomic E-state index is 0.210. The number of fused-ring (bicyclic) bond motifs is 1. The average molecular weight is 432 g/mol. The summed E-state index contributed by atoms with van der Waals surface area (Å²) < 4.78 is 39.6. The maximum absolute atomic E-state index is 13.2. The van der Waals surface area contributed by atoms with Crippen LogP contribution in [0.3, 0.4) is 0 Å². The van der Waals surface area contributed by atoms with E-state index in [1.807, 2.05) is 11.9 Å². The Hall–Kier alpha value is -1.71. The summed E-state index contributed by atoms with van der Waals surface area (Å²) in [7, 11) is 1.81. The van der Waals surface area contributed by atoms with E-state index >= 15 is 0 Å². The van der Waals surface area contributed by atoms with E-state index in [1.54, 1.807) is 29.1 Å². The highest BCUT2D eigenvalue weighted by Gasteiger charge is 2.45. The van der Waals surface area contributed by atoms with Crippen LogP contribution in [-0.2, 0) is 11.0 Å². The summed E-state index contributed by atoms with van der Waals surface area (Å²) in [4.78, 5) is 21.6. The Kier molecular flexibility index (Phi) is 4.64. The number of rotatable bonds is 2. The summed E-state index contributed by atoms with van der Waals surface area (Å²) in [5.41, 5.74) is -0.501. The third-order valence-corrected chi connectivity index (χ3v) is 7.03. The first-order valence-electron chi connectivity index (χ1n) is 7.92. The van der Waals surface area contributed by atoms with Crippen LogP contribution in [0.5, 0.6) is 0 Å². The van der Waals surface area contributed by atoms with E-state index in [0.717, 1.165) is 17.0 Å². The SMILES string of the molecule is CN1C=C(c2cccc(C(F)(F)F)c2)C(=O)N2C1SC[C@@H]2c1cnc(Cl)s1. The Balaban J connectivity index is 1.72. The first-order valence-corrected chi connectivity index (χ1v) is 10.2. The number of thioether (sulfide) groups is 1. The molecule has 1 aromatic carbocycles. The van der Waals surface area contributed by atoms with Crippen molar-refractivity contribution in [1.29, 1.82) is 0 Å². The highest BCUT2D eigenvalue weighted by molar-refractivity contribution is 8.00. The molecule has 2 aromatic rings. The largest absolute Gasteiger partial charge is 0.416 e. The van der Waals surface area contributed by atoms with E-state index in [-0.39, 0.29) is 28.6 Å². The van der Waals surface area contributed by atoms with Crippen LogP contribution in [-0.4, -0.2) is 39.0 Å². The third-order valence-electron chi connectivity index (χ3n) is 4.45. The van der Waals surface area contributed by atoms with Crippen molar-refractivity contribution in [3.8, 4) is 0 Å². The second kappa shape index (κ2) is 6.72. The Morgan fingerprint density at radius 2 is 2.11 bits per heavy atom. The molecule has 0 radical (unpaired) electrons. The van der Waals surface area contributed by atoms with Crippen LogP contribution < -0.4 is 0 Å². The molecule has 4 rings (SSSR count). The number of aromatic nitrogens is 1. The zero-order chi connectivity index (χ0) is 19.3. The number of alkyl halides is 3. The van der Waals surface area contributed by atoms with Crippen LogP contribution in [0.2, 0.25) is 4.47 Å². The van der Waals surface area contributed by atoms with Crippen LogP contribution in [0.15, 0.2) is 36.7 Å². The molecule has 1 unspecified atom stereocenters. The second-order valence-corrected chi connectivity index (χ2v) is 8.92. The molecule has 4 nitrogen and oxygen atoms in total.